The molecule has 1 saturated carbocycles. The summed E-state index contributed by atoms with van der Waals surface area (Å²) < 4.78 is 0. The molecule has 0 radical (unpaired) electrons. The average molecular weight is 212 g/mol. The molecule has 0 aromatic heterocycles. The summed E-state index contributed by atoms with van der Waals surface area (Å²) in [7, 11) is 0. The van der Waals surface area contributed by atoms with Crippen molar-refractivity contribution >= 4 is 5.91 Å². The van der Waals surface area contributed by atoms with E-state index in [4.69, 9.17) is 5.73 Å². The molecule has 1 rings (SSSR count). The molecule has 0 aromatic rings. The minimum atomic E-state index is -0.750. The van der Waals surface area contributed by atoms with Gasteiger partial charge >= 0.3 is 0 Å². The molecule has 0 saturated heterocycles. The SMILES string of the molecule is CC1CCCC(CNC(=O)C(C)(C)N)C1. The quantitative estimate of drug-likeness (QED) is 0.747. The van der Waals surface area contributed by atoms with Crippen molar-refractivity contribution in [2.45, 2.75) is 52.0 Å². The second kappa shape index (κ2) is 4.97. The number of nitrogens with two attached hydrogens (primary N) is 1. The topological polar surface area (TPSA) is 55.1 Å². The fourth-order valence-electron chi connectivity index (χ4n) is 2.21. The Morgan fingerprint density at radius 1 is 1.47 bits per heavy atom. The number of hydrogen-bond acceptors (Lipinski definition) is 2. The summed E-state index contributed by atoms with van der Waals surface area (Å²) >= 11 is 0. The Morgan fingerprint density at radius 2 is 2.13 bits per heavy atom. The fraction of sp³-hybridized carbons (Fsp3) is 0.917. The van der Waals surface area contributed by atoms with Gasteiger partial charge in [0.15, 0.2) is 0 Å². The van der Waals surface area contributed by atoms with Crippen molar-refractivity contribution in [2.75, 3.05) is 6.54 Å². The van der Waals surface area contributed by atoms with Crippen molar-refractivity contribution in [3.05, 3.63) is 0 Å². The molecule has 2 atom stereocenters. The van der Waals surface area contributed by atoms with Gasteiger partial charge in [-0.25, -0.2) is 0 Å². The van der Waals surface area contributed by atoms with Crippen LogP contribution < -0.4 is 11.1 Å². The average Bonchev–Trinajstić information content (AvgIpc) is 2.12. The van der Waals surface area contributed by atoms with Crippen LogP contribution in [0.2, 0.25) is 0 Å². The molecule has 1 fully saturated rings. The summed E-state index contributed by atoms with van der Waals surface area (Å²) in [6.07, 6.45) is 5.13. The smallest absolute Gasteiger partial charge is 0.239 e. The maximum absolute atomic E-state index is 11.6. The Morgan fingerprint density at radius 3 is 2.67 bits per heavy atom. The van der Waals surface area contributed by atoms with Gasteiger partial charge in [0.25, 0.3) is 0 Å². The summed E-state index contributed by atoms with van der Waals surface area (Å²) in [6, 6.07) is 0. The van der Waals surface area contributed by atoms with E-state index >= 15 is 0 Å². The van der Waals surface area contributed by atoms with Crippen molar-refractivity contribution in [1.82, 2.24) is 5.32 Å². The first kappa shape index (κ1) is 12.5. The number of hydrogen-bond donors (Lipinski definition) is 2. The molecular weight excluding hydrogens is 188 g/mol. The summed E-state index contributed by atoms with van der Waals surface area (Å²) in [5.74, 6) is 1.42. The minimum Gasteiger partial charge on any atom is -0.354 e. The molecule has 3 nitrogen and oxygen atoms in total. The third-order valence-corrected chi connectivity index (χ3v) is 3.18. The van der Waals surface area contributed by atoms with Crippen LogP contribution in [0.15, 0.2) is 0 Å². The highest BCUT2D eigenvalue weighted by Gasteiger charge is 2.24. The maximum atomic E-state index is 11.6. The Labute approximate surface area is 92.8 Å². The van der Waals surface area contributed by atoms with Gasteiger partial charge in [0.05, 0.1) is 5.54 Å². The van der Waals surface area contributed by atoms with Crippen LogP contribution in [-0.4, -0.2) is 18.0 Å². The normalized spacial score (nSPS) is 27.5. The molecule has 3 N–H and O–H groups in total. The minimum absolute atomic E-state index is 0.0410. The van der Waals surface area contributed by atoms with Crippen LogP contribution in [0.5, 0.6) is 0 Å². The van der Waals surface area contributed by atoms with E-state index in [1.54, 1.807) is 13.8 Å². The lowest BCUT2D eigenvalue weighted by Crippen LogP contribution is -2.50. The van der Waals surface area contributed by atoms with Crippen molar-refractivity contribution in [3.8, 4) is 0 Å². The molecule has 0 aliphatic heterocycles. The van der Waals surface area contributed by atoms with Gasteiger partial charge in [-0.15, -0.1) is 0 Å². The third-order valence-electron chi connectivity index (χ3n) is 3.18. The molecular formula is C12H24N2O. The van der Waals surface area contributed by atoms with E-state index < -0.39 is 5.54 Å². The molecule has 0 spiro atoms. The predicted molar refractivity (Wildman–Crippen MR) is 62.4 cm³/mol. The highest BCUT2D eigenvalue weighted by atomic mass is 16.2. The lowest BCUT2D eigenvalue weighted by molar-refractivity contribution is -0.125. The van der Waals surface area contributed by atoms with E-state index in [2.05, 4.69) is 12.2 Å². The van der Waals surface area contributed by atoms with Gasteiger partial charge in [0, 0.05) is 6.54 Å². The van der Waals surface area contributed by atoms with Gasteiger partial charge in [-0.2, -0.15) is 0 Å². The Hall–Kier alpha value is -0.570. The maximum Gasteiger partial charge on any atom is 0.239 e. The van der Waals surface area contributed by atoms with Crippen molar-refractivity contribution in [3.63, 3.8) is 0 Å². The molecule has 0 aromatic carbocycles. The highest BCUT2D eigenvalue weighted by molar-refractivity contribution is 5.84. The molecule has 1 aliphatic rings. The first-order valence-electron chi connectivity index (χ1n) is 5.96. The number of carbonyl (C=O) groups is 1. The zero-order chi connectivity index (χ0) is 11.5. The van der Waals surface area contributed by atoms with E-state index in [0.29, 0.717) is 5.92 Å². The van der Waals surface area contributed by atoms with Crippen molar-refractivity contribution < 1.29 is 4.79 Å². The van der Waals surface area contributed by atoms with E-state index in [1.807, 2.05) is 0 Å². The van der Waals surface area contributed by atoms with E-state index in [1.165, 1.54) is 25.7 Å². The van der Waals surface area contributed by atoms with Crippen LogP contribution in [0.1, 0.15) is 46.5 Å². The van der Waals surface area contributed by atoms with Crippen LogP contribution in [0.25, 0.3) is 0 Å². The largest absolute Gasteiger partial charge is 0.354 e. The first-order valence-corrected chi connectivity index (χ1v) is 5.96. The number of carbonyl (C=O) groups excluding carboxylic acids is 1. The molecule has 88 valence electrons. The van der Waals surface area contributed by atoms with Gasteiger partial charge in [0.1, 0.15) is 0 Å². The van der Waals surface area contributed by atoms with Crippen molar-refractivity contribution in [2.24, 2.45) is 17.6 Å². The molecule has 15 heavy (non-hydrogen) atoms. The molecule has 0 heterocycles. The summed E-state index contributed by atoms with van der Waals surface area (Å²) in [5.41, 5.74) is 4.96. The summed E-state index contributed by atoms with van der Waals surface area (Å²) in [5, 5.41) is 2.95. The van der Waals surface area contributed by atoms with Gasteiger partial charge in [0.2, 0.25) is 5.91 Å². The summed E-state index contributed by atoms with van der Waals surface area (Å²) in [4.78, 5) is 11.6. The lowest BCUT2D eigenvalue weighted by Gasteiger charge is -2.28. The van der Waals surface area contributed by atoms with Gasteiger partial charge in [-0.05, 0) is 38.5 Å². The third kappa shape index (κ3) is 4.20. The van der Waals surface area contributed by atoms with Crippen LogP contribution in [0.3, 0.4) is 0 Å². The predicted octanol–water partition coefficient (Wildman–Crippen LogP) is 1.67. The molecule has 1 aliphatic carbocycles. The van der Waals surface area contributed by atoms with Gasteiger partial charge in [-0.3, -0.25) is 4.79 Å². The molecule has 3 heteroatoms. The number of rotatable bonds is 3. The van der Waals surface area contributed by atoms with Gasteiger partial charge in [-0.1, -0.05) is 19.8 Å². The Balaban J connectivity index is 2.28. The van der Waals surface area contributed by atoms with E-state index in [0.717, 1.165) is 12.5 Å². The second-order valence-corrected chi connectivity index (χ2v) is 5.57. The number of amides is 1. The monoisotopic (exact) mass is 212 g/mol. The van der Waals surface area contributed by atoms with Crippen LogP contribution >= 0.6 is 0 Å². The van der Waals surface area contributed by atoms with Gasteiger partial charge < -0.3 is 11.1 Å². The second-order valence-electron chi connectivity index (χ2n) is 5.57. The van der Waals surface area contributed by atoms with E-state index in [-0.39, 0.29) is 5.91 Å². The van der Waals surface area contributed by atoms with Crippen LogP contribution in [-0.2, 0) is 4.79 Å². The first-order chi connectivity index (χ1) is 6.89. The standard InChI is InChI=1S/C12H24N2O/c1-9-5-4-6-10(7-9)8-14-11(15)12(2,3)13/h9-10H,4-8,13H2,1-3H3,(H,14,15). The Bertz CT molecular complexity index is 220. The summed E-state index contributed by atoms with van der Waals surface area (Å²) in [6.45, 7) is 6.57. The van der Waals surface area contributed by atoms with Crippen LogP contribution in [0.4, 0.5) is 0 Å². The molecule has 2 unspecified atom stereocenters. The molecule has 0 bridgehead atoms. The fourth-order valence-corrected chi connectivity index (χ4v) is 2.21. The zero-order valence-electron chi connectivity index (χ0n) is 10.2. The Kier molecular flexibility index (Phi) is 4.14. The molecule has 1 amide bonds. The highest BCUT2D eigenvalue weighted by Crippen LogP contribution is 2.27. The van der Waals surface area contributed by atoms with E-state index in [9.17, 15) is 4.79 Å². The number of nitrogens with one attached hydrogen (secondary N) is 1. The zero-order valence-corrected chi connectivity index (χ0v) is 10.2. The van der Waals surface area contributed by atoms with Crippen LogP contribution in [0, 0.1) is 11.8 Å². The lowest BCUT2D eigenvalue weighted by atomic mass is 9.82. The van der Waals surface area contributed by atoms with Crippen molar-refractivity contribution in [1.29, 1.82) is 0 Å².